The molecule has 1 aliphatic heterocycles. The minimum Gasteiger partial charge on any atom is -0.447 e. The average Bonchev–Trinajstić information content (AvgIpc) is 2.97. The molecule has 0 spiro atoms. The minimum absolute atomic E-state index is 0.0300. The van der Waals surface area contributed by atoms with E-state index in [0.29, 0.717) is 18.3 Å². The number of hydrogen-bond acceptors (Lipinski definition) is 5. The van der Waals surface area contributed by atoms with Gasteiger partial charge < -0.3 is 9.73 Å². The fraction of sp³-hybridized carbons (Fsp3) is 0.600. The van der Waals surface area contributed by atoms with Crippen LogP contribution >= 0.6 is 11.8 Å². The summed E-state index contributed by atoms with van der Waals surface area (Å²) in [5, 5.41) is 3.32. The summed E-state index contributed by atoms with van der Waals surface area (Å²) in [7, 11) is -2.10. The molecule has 1 unspecified atom stereocenters. The highest BCUT2D eigenvalue weighted by molar-refractivity contribution is 7.99. The Bertz CT molecular complexity index is 464. The molecule has 7 heteroatoms. The topological polar surface area (TPSA) is 71.3 Å². The summed E-state index contributed by atoms with van der Waals surface area (Å²) in [6, 6.07) is 3.68. The van der Waals surface area contributed by atoms with Crippen LogP contribution < -0.4 is 10.0 Å². The molecule has 96 valence electrons. The van der Waals surface area contributed by atoms with E-state index in [0.717, 1.165) is 12.2 Å². The van der Waals surface area contributed by atoms with Gasteiger partial charge in [-0.1, -0.05) is 0 Å². The van der Waals surface area contributed by atoms with Crippen molar-refractivity contribution in [1.82, 2.24) is 10.0 Å². The Morgan fingerprint density at radius 2 is 2.35 bits per heavy atom. The van der Waals surface area contributed by atoms with Gasteiger partial charge in [0, 0.05) is 11.8 Å². The summed E-state index contributed by atoms with van der Waals surface area (Å²) in [4.78, 5) is 0. The number of thioether (sulfide) groups is 1. The molecule has 2 rings (SSSR count). The lowest BCUT2D eigenvalue weighted by Crippen LogP contribution is -2.27. The second kappa shape index (κ2) is 5.43. The van der Waals surface area contributed by atoms with E-state index >= 15 is 0 Å². The zero-order chi connectivity index (χ0) is 12.3. The highest BCUT2D eigenvalue weighted by atomic mass is 32.2. The summed E-state index contributed by atoms with van der Waals surface area (Å²) in [5.74, 6) is 2.95. The predicted octanol–water partition coefficient (Wildman–Crippen LogP) is 0.783. The maximum Gasteiger partial charge on any atom is 0.273 e. The van der Waals surface area contributed by atoms with Gasteiger partial charge >= 0.3 is 0 Å². The number of nitrogens with one attached hydrogen (secondary N) is 2. The molecule has 0 aromatic carbocycles. The standard InChI is InChI=1S/C10H16N2O3S2/c1-11-17(13,14)10-3-2-9(15-10)6-12-8-4-5-16-7-8/h2-3,8,11-12H,4-7H2,1H3. The highest BCUT2D eigenvalue weighted by Crippen LogP contribution is 2.18. The second-order valence-corrected chi connectivity index (χ2v) is 6.84. The normalized spacial score (nSPS) is 20.9. The van der Waals surface area contributed by atoms with Gasteiger partial charge in [-0.2, -0.15) is 11.8 Å². The second-order valence-electron chi connectivity index (χ2n) is 3.87. The van der Waals surface area contributed by atoms with E-state index in [1.165, 1.54) is 18.9 Å². The molecule has 0 radical (unpaired) electrons. The van der Waals surface area contributed by atoms with Gasteiger partial charge in [0.15, 0.2) is 0 Å². The maximum atomic E-state index is 11.4. The zero-order valence-electron chi connectivity index (χ0n) is 9.60. The van der Waals surface area contributed by atoms with Gasteiger partial charge in [-0.05, 0) is 31.4 Å². The quantitative estimate of drug-likeness (QED) is 0.831. The Morgan fingerprint density at radius 1 is 1.53 bits per heavy atom. The molecule has 2 heterocycles. The minimum atomic E-state index is -3.46. The Balaban J connectivity index is 1.94. The van der Waals surface area contributed by atoms with E-state index in [4.69, 9.17) is 4.42 Å². The molecular formula is C10H16N2O3S2. The number of furan rings is 1. The van der Waals surface area contributed by atoms with Crippen LogP contribution in [-0.2, 0) is 16.6 Å². The molecule has 0 aliphatic carbocycles. The smallest absolute Gasteiger partial charge is 0.273 e. The summed E-state index contributed by atoms with van der Waals surface area (Å²) in [6.45, 7) is 0.574. The van der Waals surface area contributed by atoms with E-state index in [1.807, 2.05) is 11.8 Å². The Morgan fingerprint density at radius 3 is 3.00 bits per heavy atom. The molecule has 1 fully saturated rings. The molecular weight excluding hydrogens is 260 g/mol. The van der Waals surface area contributed by atoms with E-state index in [-0.39, 0.29) is 5.09 Å². The third-order valence-corrected chi connectivity index (χ3v) is 5.11. The van der Waals surface area contributed by atoms with Crippen LogP contribution in [0.25, 0.3) is 0 Å². The van der Waals surface area contributed by atoms with E-state index in [1.54, 1.807) is 6.07 Å². The van der Waals surface area contributed by atoms with Crippen LogP contribution in [0.2, 0.25) is 0 Å². The molecule has 1 aromatic heterocycles. The van der Waals surface area contributed by atoms with Crippen LogP contribution in [0, 0.1) is 0 Å². The molecule has 1 saturated heterocycles. The molecule has 1 aliphatic rings. The summed E-state index contributed by atoms with van der Waals surface area (Å²) >= 11 is 1.93. The SMILES string of the molecule is CNS(=O)(=O)c1ccc(CNC2CCSC2)o1. The average molecular weight is 276 g/mol. The van der Waals surface area contributed by atoms with E-state index in [9.17, 15) is 8.42 Å². The van der Waals surface area contributed by atoms with Crippen molar-refractivity contribution in [3.8, 4) is 0 Å². The summed E-state index contributed by atoms with van der Waals surface area (Å²) in [6.07, 6.45) is 1.16. The fourth-order valence-corrected chi connectivity index (χ4v) is 3.49. The summed E-state index contributed by atoms with van der Waals surface area (Å²) in [5.41, 5.74) is 0. The lowest BCUT2D eigenvalue weighted by atomic mass is 10.2. The van der Waals surface area contributed by atoms with Gasteiger partial charge in [-0.15, -0.1) is 0 Å². The van der Waals surface area contributed by atoms with Crippen molar-refractivity contribution in [3.05, 3.63) is 17.9 Å². The van der Waals surface area contributed by atoms with Crippen LogP contribution in [0.3, 0.4) is 0 Å². The van der Waals surface area contributed by atoms with Gasteiger partial charge in [0.25, 0.3) is 10.0 Å². The number of sulfonamides is 1. The van der Waals surface area contributed by atoms with Crippen LogP contribution in [0.1, 0.15) is 12.2 Å². The molecule has 17 heavy (non-hydrogen) atoms. The van der Waals surface area contributed by atoms with Crippen LogP contribution in [0.15, 0.2) is 21.6 Å². The maximum absolute atomic E-state index is 11.4. The monoisotopic (exact) mass is 276 g/mol. The molecule has 2 N–H and O–H groups in total. The third kappa shape index (κ3) is 3.25. The molecule has 0 saturated carbocycles. The molecule has 1 atom stereocenters. The van der Waals surface area contributed by atoms with Crippen molar-refractivity contribution in [2.24, 2.45) is 0 Å². The third-order valence-electron chi connectivity index (χ3n) is 2.67. The molecule has 1 aromatic rings. The van der Waals surface area contributed by atoms with Crippen molar-refractivity contribution < 1.29 is 12.8 Å². The Labute approximate surface area is 105 Å². The van der Waals surface area contributed by atoms with Crippen molar-refractivity contribution in [1.29, 1.82) is 0 Å². The van der Waals surface area contributed by atoms with Gasteiger partial charge in [0.1, 0.15) is 5.76 Å². The van der Waals surface area contributed by atoms with E-state index in [2.05, 4.69) is 10.0 Å². The largest absolute Gasteiger partial charge is 0.447 e. The molecule has 0 bridgehead atoms. The van der Waals surface area contributed by atoms with Crippen molar-refractivity contribution >= 4 is 21.8 Å². The predicted molar refractivity (Wildman–Crippen MR) is 67.5 cm³/mol. The van der Waals surface area contributed by atoms with Crippen molar-refractivity contribution in [2.45, 2.75) is 24.1 Å². The Kier molecular flexibility index (Phi) is 4.13. The van der Waals surface area contributed by atoms with E-state index < -0.39 is 10.0 Å². The number of hydrogen-bond donors (Lipinski definition) is 2. The molecule has 0 amide bonds. The van der Waals surface area contributed by atoms with Crippen LogP contribution in [-0.4, -0.2) is 33.0 Å². The Hall–Kier alpha value is -0.500. The van der Waals surface area contributed by atoms with Crippen molar-refractivity contribution in [3.63, 3.8) is 0 Å². The number of rotatable bonds is 5. The van der Waals surface area contributed by atoms with Gasteiger partial charge in [-0.25, -0.2) is 13.1 Å². The van der Waals surface area contributed by atoms with Crippen LogP contribution in [0.4, 0.5) is 0 Å². The van der Waals surface area contributed by atoms with Gasteiger partial charge in [0.05, 0.1) is 6.54 Å². The van der Waals surface area contributed by atoms with Gasteiger partial charge in [-0.3, -0.25) is 0 Å². The van der Waals surface area contributed by atoms with Gasteiger partial charge in [0.2, 0.25) is 5.09 Å². The molecule has 5 nitrogen and oxygen atoms in total. The first-order valence-electron chi connectivity index (χ1n) is 5.45. The van der Waals surface area contributed by atoms with Crippen LogP contribution in [0.5, 0.6) is 0 Å². The fourth-order valence-electron chi connectivity index (χ4n) is 1.64. The van der Waals surface area contributed by atoms with Crippen molar-refractivity contribution in [2.75, 3.05) is 18.6 Å². The lowest BCUT2D eigenvalue weighted by molar-refractivity contribution is 0.391. The highest BCUT2D eigenvalue weighted by Gasteiger charge is 2.18. The first kappa shape index (κ1) is 12.9. The zero-order valence-corrected chi connectivity index (χ0v) is 11.2. The summed E-state index contributed by atoms with van der Waals surface area (Å²) < 4.78 is 30.4. The lowest BCUT2D eigenvalue weighted by Gasteiger charge is -2.08. The first-order chi connectivity index (χ1) is 8.12. The first-order valence-corrected chi connectivity index (χ1v) is 8.09.